The van der Waals surface area contributed by atoms with Crippen LogP contribution >= 0.6 is 0 Å². The zero-order valence-corrected chi connectivity index (χ0v) is 13.2. The molecule has 0 atom stereocenters. The number of aryl methyl sites for hydroxylation is 1. The average Bonchev–Trinajstić information content (AvgIpc) is 2.45. The van der Waals surface area contributed by atoms with Gasteiger partial charge in [0.2, 0.25) is 10.0 Å². The third-order valence-corrected chi connectivity index (χ3v) is 4.96. The van der Waals surface area contributed by atoms with Gasteiger partial charge in [0.25, 0.3) is 0 Å². The van der Waals surface area contributed by atoms with E-state index < -0.39 is 15.4 Å². The van der Waals surface area contributed by atoms with Gasteiger partial charge < -0.3 is 9.47 Å². The van der Waals surface area contributed by atoms with Gasteiger partial charge in [-0.05, 0) is 30.9 Å². The zero-order valence-electron chi connectivity index (χ0n) is 12.4. The fourth-order valence-electron chi connectivity index (χ4n) is 2.73. The number of nitrogens with two attached hydrogens (primary N) is 1. The highest BCUT2D eigenvalue weighted by atomic mass is 32.2. The van der Waals surface area contributed by atoms with Crippen LogP contribution in [0.25, 0.3) is 0 Å². The Balaban J connectivity index is 2.12. The van der Waals surface area contributed by atoms with Crippen LogP contribution in [0.15, 0.2) is 24.3 Å². The minimum absolute atomic E-state index is 0.0579. The molecule has 0 amide bonds. The Morgan fingerprint density at radius 3 is 2.57 bits per heavy atom. The lowest BCUT2D eigenvalue weighted by molar-refractivity contribution is 0.00194. The van der Waals surface area contributed by atoms with Crippen LogP contribution in [0.2, 0.25) is 0 Å². The molecule has 2 N–H and O–H groups in total. The minimum Gasteiger partial charge on any atom is -0.493 e. The van der Waals surface area contributed by atoms with Gasteiger partial charge in [0.1, 0.15) is 5.75 Å². The molecule has 0 aliphatic carbocycles. The van der Waals surface area contributed by atoms with E-state index in [4.69, 9.17) is 14.6 Å². The van der Waals surface area contributed by atoms with E-state index in [1.165, 1.54) is 0 Å². The molecule has 0 unspecified atom stereocenters. The molecule has 5 nitrogen and oxygen atoms in total. The van der Waals surface area contributed by atoms with Crippen LogP contribution < -0.4 is 9.88 Å². The normalized spacial score (nSPS) is 18.4. The second kappa shape index (κ2) is 6.77. The molecule has 21 heavy (non-hydrogen) atoms. The largest absolute Gasteiger partial charge is 0.493 e. The smallest absolute Gasteiger partial charge is 0.209 e. The van der Waals surface area contributed by atoms with Gasteiger partial charge in [-0.2, -0.15) is 0 Å². The number of hydrogen-bond acceptors (Lipinski definition) is 4. The summed E-state index contributed by atoms with van der Waals surface area (Å²) in [4.78, 5) is 0. The number of ether oxygens (including phenoxy) is 2. The summed E-state index contributed by atoms with van der Waals surface area (Å²) in [5.74, 6) is 0.762. The van der Waals surface area contributed by atoms with Gasteiger partial charge in [0.05, 0.1) is 12.4 Å². The van der Waals surface area contributed by atoms with Crippen molar-refractivity contribution in [3.05, 3.63) is 29.8 Å². The predicted molar refractivity (Wildman–Crippen MR) is 81.8 cm³/mol. The summed E-state index contributed by atoms with van der Waals surface area (Å²) >= 11 is 0. The molecule has 2 rings (SSSR count). The van der Waals surface area contributed by atoms with E-state index in [0.29, 0.717) is 32.7 Å². The van der Waals surface area contributed by atoms with E-state index in [1.54, 1.807) is 0 Å². The number of para-hydroxylation sites is 1. The van der Waals surface area contributed by atoms with Crippen molar-refractivity contribution in [1.29, 1.82) is 0 Å². The van der Waals surface area contributed by atoms with Gasteiger partial charge in [-0.3, -0.25) is 0 Å². The van der Waals surface area contributed by atoms with E-state index >= 15 is 0 Å². The fraction of sp³-hybridized carbons (Fsp3) is 0.600. The minimum atomic E-state index is -3.54. The number of hydrogen-bond donors (Lipinski definition) is 1. The van der Waals surface area contributed by atoms with Gasteiger partial charge in [-0.15, -0.1) is 0 Å². The lowest BCUT2D eigenvalue weighted by Gasteiger charge is -2.36. The zero-order chi connectivity index (χ0) is 15.3. The van der Waals surface area contributed by atoms with Crippen molar-refractivity contribution < 1.29 is 17.9 Å². The number of primary sulfonamides is 1. The highest BCUT2D eigenvalue weighted by Crippen LogP contribution is 2.33. The van der Waals surface area contributed by atoms with E-state index in [-0.39, 0.29) is 5.75 Å². The molecule has 1 heterocycles. The quantitative estimate of drug-likeness (QED) is 0.867. The molecule has 0 aromatic heterocycles. The Labute approximate surface area is 126 Å². The van der Waals surface area contributed by atoms with Crippen LogP contribution in [0.3, 0.4) is 0 Å². The Morgan fingerprint density at radius 1 is 1.29 bits per heavy atom. The molecule has 0 radical (unpaired) electrons. The Kier molecular flexibility index (Phi) is 5.24. The van der Waals surface area contributed by atoms with E-state index in [1.807, 2.05) is 24.3 Å². The fourth-order valence-corrected chi connectivity index (χ4v) is 3.95. The second-order valence-corrected chi connectivity index (χ2v) is 7.28. The topological polar surface area (TPSA) is 78.6 Å². The summed E-state index contributed by atoms with van der Waals surface area (Å²) in [5.41, 5.74) is 0.669. The van der Waals surface area contributed by atoms with Crippen LogP contribution in [-0.2, 0) is 21.2 Å². The first kappa shape index (κ1) is 16.3. The van der Waals surface area contributed by atoms with E-state index in [0.717, 1.165) is 17.7 Å². The first-order valence-electron chi connectivity index (χ1n) is 7.23. The van der Waals surface area contributed by atoms with Crippen LogP contribution in [0, 0.1) is 5.41 Å². The molecule has 118 valence electrons. The standard InChI is InChI=1S/C15H23NO4S/c1-2-13-5-3-4-6-14(13)20-11-15(12-21(16,17)18)7-9-19-10-8-15/h3-6H,2,7-12H2,1H3,(H2,16,17,18). The molecule has 6 heteroatoms. The molecule has 0 spiro atoms. The van der Waals surface area contributed by atoms with Crippen molar-refractivity contribution in [2.24, 2.45) is 10.6 Å². The summed E-state index contributed by atoms with van der Waals surface area (Å²) in [6.45, 7) is 3.52. The highest BCUT2D eigenvalue weighted by Gasteiger charge is 2.37. The molecule has 1 aliphatic rings. The summed E-state index contributed by atoms with van der Waals surface area (Å²) in [6, 6.07) is 7.83. The molecule has 1 aliphatic heterocycles. The maximum atomic E-state index is 11.5. The molecule has 0 bridgehead atoms. The Bertz CT molecular complexity index is 565. The van der Waals surface area contributed by atoms with Crippen LogP contribution in [-0.4, -0.2) is 34.0 Å². The van der Waals surface area contributed by atoms with Crippen LogP contribution in [0.5, 0.6) is 5.75 Å². The Hall–Kier alpha value is -1.11. The second-order valence-electron chi connectivity index (χ2n) is 5.67. The SMILES string of the molecule is CCc1ccccc1OCC1(CS(N)(=O)=O)CCOCC1. The van der Waals surface area contributed by atoms with Crippen molar-refractivity contribution in [1.82, 2.24) is 0 Å². The third-order valence-electron chi connectivity index (χ3n) is 3.95. The molecule has 1 fully saturated rings. The number of sulfonamides is 1. The summed E-state index contributed by atoms with van der Waals surface area (Å²) < 4.78 is 34.3. The van der Waals surface area contributed by atoms with Gasteiger partial charge >= 0.3 is 0 Å². The third kappa shape index (κ3) is 4.69. The first-order chi connectivity index (χ1) is 9.94. The summed E-state index contributed by atoms with van der Waals surface area (Å²) in [7, 11) is -3.54. The summed E-state index contributed by atoms with van der Waals surface area (Å²) in [5, 5.41) is 5.25. The lowest BCUT2D eigenvalue weighted by Crippen LogP contribution is -2.42. The predicted octanol–water partition coefficient (Wildman–Crippen LogP) is 1.71. The average molecular weight is 313 g/mol. The van der Waals surface area contributed by atoms with Crippen molar-refractivity contribution in [2.75, 3.05) is 25.6 Å². The van der Waals surface area contributed by atoms with Crippen LogP contribution in [0.1, 0.15) is 25.3 Å². The monoisotopic (exact) mass is 313 g/mol. The van der Waals surface area contributed by atoms with Gasteiger partial charge in [0, 0.05) is 18.6 Å². The van der Waals surface area contributed by atoms with Crippen molar-refractivity contribution >= 4 is 10.0 Å². The van der Waals surface area contributed by atoms with Gasteiger partial charge in [-0.25, -0.2) is 13.6 Å². The van der Waals surface area contributed by atoms with Crippen LogP contribution in [0.4, 0.5) is 0 Å². The molecular formula is C15H23NO4S. The molecular weight excluding hydrogens is 290 g/mol. The maximum Gasteiger partial charge on any atom is 0.209 e. The van der Waals surface area contributed by atoms with Gasteiger partial charge in [0.15, 0.2) is 0 Å². The first-order valence-corrected chi connectivity index (χ1v) is 8.95. The highest BCUT2D eigenvalue weighted by molar-refractivity contribution is 7.89. The molecule has 1 saturated heterocycles. The lowest BCUT2D eigenvalue weighted by atomic mass is 9.83. The van der Waals surface area contributed by atoms with Gasteiger partial charge in [-0.1, -0.05) is 25.1 Å². The molecule has 1 aromatic rings. The summed E-state index contributed by atoms with van der Waals surface area (Å²) in [6.07, 6.45) is 2.18. The number of benzene rings is 1. The van der Waals surface area contributed by atoms with Crippen molar-refractivity contribution in [3.8, 4) is 5.75 Å². The maximum absolute atomic E-state index is 11.5. The van der Waals surface area contributed by atoms with E-state index in [2.05, 4.69) is 6.92 Å². The van der Waals surface area contributed by atoms with E-state index in [9.17, 15) is 8.42 Å². The Morgan fingerprint density at radius 2 is 1.95 bits per heavy atom. The molecule has 0 saturated carbocycles. The van der Waals surface area contributed by atoms with Crippen molar-refractivity contribution in [3.63, 3.8) is 0 Å². The molecule has 1 aromatic carbocycles. The number of rotatable bonds is 6. The van der Waals surface area contributed by atoms with Crippen molar-refractivity contribution in [2.45, 2.75) is 26.2 Å².